The Hall–Kier alpha value is -9.10. The molecular weight excluding hydrogens is 813 g/mol. The standard InChI is InChI=1S/C64H40N2O/c1-2-21-51-44(16-1)17-14-32-59(51)65(48-38-34-43(35-39-48)46-18-13-19-47(42-46)52-27-15-28-58-57-26-8-12-33-63(57)67-64(52)58)49-40-36-45(37-41-49)50-20-3-4-22-53(50)54-23-5-9-29-60(54)66-61-30-10-6-24-55(61)56-25-7-11-31-62(56)66/h1-6,8-10,12-42H. The van der Waals surface area contributed by atoms with Crippen LogP contribution in [0.3, 0.4) is 0 Å². The molecule has 2 aromatic heterocycles. The molecule has 3 heteroatoms. The van der Waals surface area contributed by atoms with Gasteiger partial charge in [0, 0.05) is 55.7 Å². The molecule has 13 rings (SSSR count). The first kappa shape index (κ1) is 38.4. The summed E-state index contributed by atoms with van der Waals surface area (Å²) in [6, 6.07) is 82.8. The zero-order chi connectivity index (χ0) is 44.3. The third kappa shape index (κ3) is 6.46. The SMILES string of the molecule is C1=C=Cc2c(c3ccccc3n2-c2ccccc2-c2ccccc2-c2ccc(N(c3ccc(-c4cccc(-c5cccc6c5oc5ccccc56)c4)cc3)c3cccc4ccccc34)cc2)C=1. The van der Waals surface area contributed by atoms with Crippen molar-refractivity contribution in [2.24, 2.45) is 0 Å². The molecular formula is C64H40N2O. The van der Waals surface area contributed by atoms with Gasteiger partial charge in [-0.15, -0.1) is 0 Å². The van der Waals surface area contributed by atoms with Gasteiger partial charge in [0.2, 0.25) is 0 Å². The van der Waals surface area contributed by atoms with Gasteiger partial charge in [-0.05, 0) is 99.4 Å². The summed E-state index contributed by atoms with van der Waals surface area (Å²) in [4.78, 5) is 2.38. The molecule has 0 radical (unpaired) electrons. The molecule has 312 valence electrons. The summed E-state index contributed by atoms with van der Waals surface area (Å²) in [7, 11) is 0. The van der Waals surface area contributed by atoms with Crippen LogP contribution in [-0.4, -0.2) is 4.57 Å². The fourth-order valence-electron chi connectivity index (χ4n) is 10.2. The highest BCUT2D eigenvalue weighted by molar-refractivity contribution is 6.10. The van der Waals surface area contributed by atoms with Gasteiger partial charge >= 0.3 is 0 Å². The first-order valence-corrected chi connectivity index (χ1v) is 22.7. The van der Waals surface area contributed by atoms with Gasteiger partial charge in [0.1, 0.15) is 11.2 Å². The number of benzene rings is 10. The highest BCUT2D eigenvalue weighted by Gasteiger charge is 2.21. The minimum absolute atomic E-state index is 0.905. The minimum atomic E-state index is 0.905. The van der Waals surface area contributed by atoms with Crippen LogP contribution in [0.1, 0.15) is 11.3 Å². The van der Waals surface area contributed by atoms with Crippen molar-refractivity contribution < 1.29 is 4.42 Å². The molecule has 0 aliphatic heterocycles. The Labute approximate surface area is 388 Å². The lowest BCUT2D eigenvalue weighted by molar-refractivity contribution is 0.670. The van der Waals surface area contributed by atoms with Gasteiger partial charge in [0.05, 0.1) is 22.6 Å². The fraction of sp³-hybridized carbons (Fsp3) is 0. The van der Waals surface area contributed by atoms with Gasteiger partial charge in [-0.1, -0.05) is 187 Å². The van der Waals surface area contributed by atoms with Crippen LogP contribution in [0.5, 0.6) is 0 Å². The Morgan fingerprint density at radius 2 is 0.985 bits per heavy atom. The summed E-state index contributed by atoms with van der Waals surface area (Å²) in [6.07, 6.45) is 4.10. The maximum atomic E-state index is 6.43. The van der Waals surface area contributed by atoms with E-state index in [1.54, 1.807) is 0 Å². The van der Waals surface area contributed by atoms with Gasteiger partial charge in [0.15, 0.2) is 0 Å². The van der Waals surface area contributed by atoms with Crippen LogP contribution in [0, 0.1) is 0 Å². The molecule has 0 saturated heterocycles. The van der Waals surface area contributed by atoms with Crippen molar-refractivity contribution in [1.82, 2.24) is 4.57 Å². The van der Waals surface area contributed by atoms with Crippen LogP contribution < -0.4 is 4.90 Å². The topological polar surface area (TPSA) is 21.3 Å². The maximum absolute atomic E-state index is 6.43. The number of hydrogen-bond donors (Lipinski definition) is 0. The lowest BCUT2D eigenvalue weighted by atomic mass is 9.93. The predicted molar refractivity (Wildman–Crippen MR) is 280 cm³/mol. The van der Waals surface area contributed by atoms with E-state index >= 15 is 0 Å². The van der Waals surface area contributed by atoms with E-state index < -0.39 is 0 Å². The molecule has 0 fully saturated rings. The van der Waals surface area contributed by atoms with Crippen molar-refractivity contribution in [3.05, 3.63) is 253 Å². The zero-order valence-electron chi connectivity index (χ0n) is 36.4. The number of fused-ring (bicyclic) bond motifs is 7. The molecule has 1 aliphatic carbocycles. The van der Waals surface area contributed by atoms with E-state index in [1.165, 1.54) is 32.8 Å². The first-order chi connectivity index (χ1) is 33.2. The van der Waals surface area contributed by atoms with Gasteiger partial charge < -0.3 is 13.9 Å². The van der Waals surface area contributed by atoms with Crippen molar-refractivity contribution >= 4 is 72.8 Å². The van der Waals surface area contributed by atoms with Gasteiger partial charge in [-0.2, -0.15) is 0 Å². The maximum Gasteiger partial charge on any atom is 0.143 e. The molecule has 2 heterocycles. The van der Waals surface area contributed by atoms with Crippen LogP contribution in [-0.2, 0) is 0 Å². The molecule has 67 heavy (non-hydrogen) atoms. The zero-order valence-corrected chi connectivity index (χ0v) is 36.4. The van der Waals surface area contributed by atoms with E-state index in [0.29, 0.717) is 0 Å². The number of anilines is 3. The number of hydrogen-bond acceptors (Lipinski definition) is 2. The molecule has 1 aliphatic rings. The van der Waals surface area contributed by atoms with E-state index in [2.05, 4.69) is 245 Å². The smallest absolute Gasteiger partial charge is 0.143 e. The van der Waals surface area contributed by atoms with Gasteiger partial charge in [-0.3, -0.25) is 0 Å². The molecule has 0 amide bonds. The minimum Gasteiger partial charge on any atom is -0.455 e. The van der Waals surface area contributed by atoms with Crippen LogP contribution in [0.15, 0.2) is 246 Å². The van der Waals surface area contributed by atoms with Crippen molar-refractivity contribution in [2.45, 2.75) is 0 Å². The Bertz CT molecular complexity index is 4000. The van der Waals surface area contributed by atoms with Crippen molar-refractivity contribution in [2.75, 3.05) is 4.90 Å². The summed E-state index contributed by atoms with van der Waals surface area (Å²) in [5.41, 5.74) is 25.2. The largest absolute Gasteiger partial charge is 0.455 e. The number of furan rings is 1. The predicted octanol–water partition coefficient (Wildman–Crippen LogP) is 17.6. The number of rotatable bonds is 8. The normalized spacial score (nSPS) is 11.8. The average molecular weight is 853 g/mol. The lowest BCUT2D eigenvalue weighted by Gasteiger charge is -2.27. The van der Waals surface area contributed by atoms with Crippen molar-refractivity contribution in [1.29, 1.82) is 0 Å². The van der Waals surface area contributed by atoms with Crippen LogP contribution in [0.2, 0.25) is 0 Å². The Kier molecular flexibility index (Phi) is 9.08. The van der Waals surface area contributed by atoms with E-state index in [4.69, 9.17) is 4.42 Å². The average Bonchev–Trinajstić information content (AvgIpc) is 3.95. The van der Waals surface area contributed by atoms with E-state index in [1.807, 2.05) is 18.2 Å². The molecule has 10 aromatic carbocycles. The second kappa shape index (κ2) is 15.9. The molecule has 12 aromatic rings. The van der Waals surface area contributed by atoms with Crippen LogP contribution >= 0.6 is 0 Å². The second-order valence-corrected chi connectivity index (χ2v) is 17.1. The molecule has 0 atom stereocenters. The van der Waals surface area contributed by atoms with Crippen LogP contribution in [0.4, 0.5) is 17.1 Å². The van der Waals surface area contributed by atoms with Crippen molar-refractivity contribution in [3.8, 4) is 50.2 Å². The third-order valence-corrected chi connectivity index (χ3v) is 13.3. The number of para-hydroxylation sites is 4. The molecule has 0 spiro atoms. The summed E-state index contributed by atoms with van der Waals surface area (Å²) in [5.74, 6) is 0. The number of aromatic nitrogens is 1. The molecule has 0 unspecified atom stereocenters. The highest BCUT2D eigenvalue weighted by atomic mass is 16.3. The highest BCUT2D eigenvalue weighted by Crippen LogP contribution is 2.44. The monoisotopic (exact) mass is 852 g/mol. The Morgan fingerprint density at radius 1 is 0.388 bits per heavy atom. The summed E-state index contributed by atoms with van der Waals surface area (Å²) in [5, 5.41) is 5.85. The fourth-order valence-corrected chi connectivity index (χ4v) is 10.2. The van der Waals surface area contributed by atoms with Gasteiger partial charge in [-0.25, -0.2) is 0 Å². The second-order valence-electron chi connectivity index (χ2n) is 17.1. The molecule has 3 nitrogen and oxygen atoms in total. The van der Waals surface area contributed by atoms with E-state index in [0.717, 1.165) is 89.3 Å². The third-order valence-electron chi connectivity index (χ3n) is 13.3. The summed E-state index contributed by atoms with van der Waals surface area (Å²) >= 11 is 0. The van der Waals surface area contributed by atoms with E-state index in [-0.39, 0.29) is 0 Å². The lowest BCUT2D eigenvalue weighted by Crippen LogP contribution is -2.10. The quantitative estimate of drug-likeness (QED) is 0.142. The summed E-state index contributed by atoms with van der Waals surface area (Å²) < 4.78 is 8.81. The molecule has 0 saturated carbocycles. The molecule has 0 bridgehead atoms. The van der Waals surface area contributed by atoms with Gasteiger partial charge in [0.25, 0.3) is 0 Å². The number of nitrogens with zero attached hydrogens (tertiary/aromatic N) is 2. The van der Waals surface area contributed by atoms with Crippen molar-refractivity contribution in [3.63, 3.8) is 0 Å². The Balaban J connectivity index is 0.882. The summed E-state index contributed by atoms with van der Waals surface area (Å²) in [6.45, 7) is 0. The Morgan fingerprint density at radius 3 is 1.84 bits per heavy atom. The molecule has 0 N–H and O–H groups in total. The first-order valence-electron chi connectivity index (χ1n) is 22.7. The van der Waals surface area contributed by atoms with Crippen LogP contribution in [0.25, 0.3) is 106 Å². The van der Waals surface area contributed by atoms with E-state index in [9.17, 15) is 0 Å².